The molecule has 1 saturated carbocycles. The smallest absolute Gasteiger partial charge is 0.254 e. The number of carbonyl (C=O) groups is 1. The van der Waals surface area contributed by atoms with Crippen molar-refractivity contribution in [3.8, 4) is 11.4 Å². The van der Waals surface area contributed by atoms with Crippen LogP contribution in [0.5, 0.6) is 0 Å². The van der Waals surface area contributed by atoms with Crippen LogP contribution in [0.2, 0.25) is 0 Å². The zero-order valence-corrected chi connectivity index (χ0v) is 11.4. The van der Waals surface area contributed by atoms with Gasteiger partial charge in [-0.25, -0.2) is 0 Å². The molecule has 1 aromatic heterocycles. The van der Waals surface area contributed by atoms with E-state index in [0.29, 0.717) is 36.3 Å². The average Bonchev–Trinajstić information content (AvgIpc) is 3.21. The van der Waals surface area contributed by atoms with Gasteiger partial charge in [-0.05, 0) is 25.0 Å². The highest BCUT2D eigenvalue weighted by atomic mass is 16.5. The molecule has 1 amide bonds. The first-order chi connectivity index (χ1) is 10.2. The summed E-state index contributed by atoms with van der Waals surface area (Å²) in [5, 5.41) is 13.3. The summed E-state index contributed by atoms with van der Waals surface area (Å²) >= 11 is 0. The number of hydrogen-bond donors (Lipinski definition) is 1. The van der Waals surface area contributed by atoms with Gasteiger partial charge in [-0.1, -0.05) is 17.3 Å². The number of aromatic nitrogens is 2. The van der Waals surface area contributed by atoms with Gasteiger partial charge in [0.1, 0.15) is 0 Å². The summed E-state index contributed by atoms with van der Waals surface area (Å²) in [6.07, 6.45) is 1.82. The monoisotopic (exact) mass is 285 g/mol. The van der Waals surface area contributed by atoms with Gasteiger partial charge in [0.15, 0.2) is 0 Å². The molecule has 2 heterocycles. The number of hydrogen-bond acceptors (Lipinski definition) is 5. The third-order valence-corrected chi connectivity index (χ3v) is 3.89. The molecule has 2 fully saturated rings. The first-order valence-electron chi connectivity index (χ1n) is 7.12. The van der Waals surface area contributed by atoms with Crippen LogP contribution < -0.4 is 0 Å². The number of rotatable bonds is 3. The molecule has 0 unspecified atom stereocenters. The maximum atomic E-state index is 12.2. The largest absolute Gasteiger partial charge is 0.389 e. The van der Waals surface area contributed by atoms with E-state index in [4.69, 9.17) is 4.52 Å². The Morgan fingerprint density at radius 2 is 2.14 bits per heavy atom. The highest BCUT2D eigenvalue weighted by Crippen LogP contribution is 2.39. The summed E-state index contributed by atoms with van der Waals surface area (Å²) in [5.41, 5.74) is 1.36. The SMILES string of the molecule is O=C(c1cccc(-c2noc(C3CC3)n2)c1)N1CC(O)C1. The molecule has 1 N–H and O–H groups in total. The lowest BCUT2D eigenvalue weighted by molar-refractivity contribution is 0.00590. The lowest BCUT2D eigenvalue weighted by Gasteiger charge is -2.35. The van der Waals surface area contributed by atoms with Gasteiger partial charge in [0.25, 0.3) is 5.91 Å². The Hall–Kier alpha value is -2.21. The van der Waals surface area contributed by atoms with Gasteiger partial charge >= 0.3 is 0 Å². The fourth-order valence-corrected chi connectivity index (χ4v) is 2.44. The number of likely N-dealkylation sites (tertiary alicyclic amines) is 1. The van der Waals surface area contributed by atoms with Crippen molar-refractivity contribution in [3.63, 3.8) is 0 Å². The Labute approximate surface area is 121 Å². The second-order valence-electron chi connectivity index (χ2n) is 5.68. The Morgan fingerprint density at radius 1 is 1.33 bits per heavy atom. The molecule has 21 heavy (non-hydrogen) atoms. The molecular formula is C15H15N3O3. The summed E-state index contributed by atoms with van der Waals surface area (Å²) in [4.78, 5) is 18.2. The Kier molecular flexibility index (Phi) is 2.78. The van der Waals surface area contributed by atoms with Crippen molar-refractivity contribution in [1.29, 1.82) is 0 Å². The van der Waals surface area contributed by atoms with Crippen molar-refractivity contribution in [2.24, 2.45) is 0 Å². The molecule has 108 valence electrons. The predicted molar refractivity (Wildman–Crippen MR) is 73.6 cm³/mol. The zero-order valence-electron chi connectivity index (χ0n) is 11.4. The van der Waals surface area contributed by atoms with Crippen LogP contribution in [0.3, 0.4) is 0 Å². The molecule has 4 rings (SSSR count). The minimum absolute atomic E-state index is 0.0759. The first kappa shape index (κ1) is 12.5. The molecule has 2 aromatic rings. The fraction of sp³-hybridized carbons (Fsp3) is 0.400. The van der Waals surface area contributed by atoms with Gasteiger partial charge in [-0.15, -0.1) is 0 Å². The molecule has 1 aliphatic carbocycles. The van der Waals surface area contributed by atoms with Gasteiger partial charge in [0.05, 0.1) is 6.10 Å². The van der Waals surface area contributed by atoms with E-state index in [2.05, 4.69) is 10.1 Å². The van der Waals surface area contributed by atoms with Gasteiger partial charge in [0.2, 0.25) is 11.7 Å². The number of nitrogens with zero attached hydrogens (tertiary/aromatic N) is 3. The van der Waals surface area contributed by atoms with Crippen LogP contribution in [0.1, 0.15) is 35.0 Å². The van der Waals surface area contributed by atoms with Crippen LogP contribution in [-0.4, -0.2) is 45.2 Å². The Morgan fingerprint density at radius 3 is 2.86 bits per heavy atom. The van der Waals surface area contributed by atoms with Crippen LogP contribution >= 0.6 is 0 Å². The van der Waals surface area contributed by atoms with E-state index < -0.39 is 6.10 Å². The van der Waals surface area contributed by atoms with E-state index in [-0.39, 0.29) is 5.91 Å². The number of amides is 1. The highest BCUT2D eigenvalue weighted by molar-refractivity contribution is 5.95. The molecule has 0 spiro atoms. The summed E-state index contributed by atoms with van der Waals surface area (Å²) in [7, 11) is 0. The van der Waals surface area contributed by atoms with Crippen molar-refractivity contribution in [2.45, 2.75) is 24.9 Å². The number of β-amino-alcohol motifs (C(OH)–C–C–N with tert-alkyl or cyclic N) is 1. The number of benzene rings is 1. The summed E-state index contributed by atoms with van der Waals surface area (Å²) < 4.78 is 5.25. The molecule has 6 heteroatoms. The minimum atomic E-state index is -0.393. The number of aliphatic hydroxyl groups excluding tert-OH is 1. The average molecular weight is 285 g/mol. The number of aliphatic hydroxyl groups is 1. The Balaban J connectivity index is 1.58. The quantitative estimate of drug-likeness (QED) is 0.923. The van der Waals surface area contributed by atoms with Crippen molar-refractivity contribution in [2.75, 3.05) is 13.1 Å². The Bertz CT molecular complexity index is 687. The normalized spacial score (nSPS) is 18.6. The van der Waals surface area contributed by atoms with Gasteiger partial charge in [-0.3, -0.25) is 4.79 Å². The van der Waals surface area contributed by atoms with Gasteiger partial charge in [0, 0.05) is 30.1 Å². The van der Waals surface area contributed by atoms with E-state index >= 15 is 0 Å². The standard InChI is InChI=1S/C15H15N3O3/c19-12-7-18(8-12)15(20)11-3-1-2-10(6-11)13-16-14(21-17-13)9-4-5-9/h1-3,6,9,12,19H,4-5,7-8H2. The van der Waals surface area contributed by atoms with Crippen molar-refractivity contribution >= 4 is 5.91 Å². The molecule has 0 bridgehead atoms. The van der Waals surface area contributed by atoms with E-state index in [1.165, 1.54) is 0 Å². The zero-order chi connectivity index (χ0) is 14.4. The second-order valence-corrected chi connectivity index (χ2v) is 5.68. The molecule has 1 saturated heterocycles. The maximum absolute atomic E-state index is 12.2. The summed E-state index contributed by atoms with van der Waals surface area (Å²) in [5.74, 6) is 1.55. The number of carbonyl (C=O) groups excluding carboxylic acids is 1. The van der Waals surface area contributed by atoms with Crippen LogP contribution in [0.15, 0.2) is 28.8 Å². The van der Waals surface area contributed by atoms with Gasteiger partial charge in [-0.2, -0.15) is 4.98 Å². The summed E-state index contributed by atoms with van der Waals surface area (Å²) in [6, 6.07) is 7.21. The molecule has 1 aliphatic heterocycles. The lowest BCUT2D eigenvalue weighted by atomic mass is 10.1. The van der Waals surface area contributed by atoms with E-state index in [9.17, 15) is 9.90 Å². The van der Waals surface area contributed by atoms with E-state index in [1.807, 2.05) is 12.1 Å². The first-order valence-corrected chi connectivity index (χ1v) is 7.12. The third kappa shape index (κ3) is 2.31. The maximum Gasteiger partial charge on any atom is 0.254 e. The van der Waals surface area contributed by atoms with Crippen LogP contribution in [-0.2, 0) is 0 Å². The second kappa shape index (κ2) is 4.66. The molecular weight excluding hydrogens is 270 g/mol. The van der Waals surface area contributed by atoms with Crippen LogP contribution in [0.4, 0.5) is 0 Å². The molecule has 6 nitrogen and oxygen atoms in total. The van der Waals surface area contributed by atoms with Crippen LogP contribution in [0.25, 0.3) is 11.4 Å². The third-order valence-electron chi connectivity index (χ3n) is 3.89. The van der Waals surface area contributed by atoms with Crippen molar-refractivity contribution in [3.05, 3.63) is 35.7 Å². The predicted octanol–water partition coefficient (Wildman–Crippen LogP) is 1.43. The molecule has 0 radical (unpaired) electrons. The molecule has 0 atom stereocenters. The molecule has 2 aliphatic rings. The fourth-order valence-electron chi connectivity index (χ4n) is 2.44. The van der Waals surface area contributed by atoms with Crippen LogP contribution in [0, 0.1) is 0 Å². The minimum Gasteiger partial charge on any atom is -0.389 e. The highest BCUT2D eigenvalue weighted by Gasteiger charge is 2.31. The molecule has 1 aromatic carbocycles. The van der Waals surface area contributed by atoms with Crippen molar-refractivity contribution in [1.82, 2.24) is 15.0 Å². The lowest BCUT2D eigenvalue weighted by Crippen LogP contribution is -2.53. The van der Waals surface area contributed by atoms with Crippen molar-refractivity contribution < 1.29 is 14.4 Å². The topological polar surface area (TPSA) is 79.5 Å². The summed E-state index contributed by atoms with van der Waals surface area (Å²) in [6.45, 7) is 0.800. The van der Waals surface area contributed by atoms with E-state index in [0.717, 1.165) is 18.4 Å². The van der Waals surface area contributed by atoms with Gasteiger partial charge < -0.3 is 14.5 Å². The van der Waals surface area contributed by atoms with E-state index in [1.54, 1.807) is 17.0 Å².